The first-order valence-electron chi connectivity index (χ1n) is 5.30. The number of hydrogen-bond acceptors (Lipinski definition) is 2. The molecule has 0 aliphatic heterocycles. The van der Waals surface area contributed by atoms with Crippen LogP contribution in [0.5, 0.6) is 0 Å². The largest absolute Gasteiger partial charge is 0.309 e. The van der Waals surface area contributed by atoms with Crippen molar-refractivity contribution in [1.29, 1.82) is 0 Å². The van der Waals surface area contributed by atoms with Crippen LogP contribution in [-0.4, -0.2) is 4.98 Å². The first-order valence-corrected chi connectivity index (χ1v) is 6.05. The Labute approximate surface area is 111 Å². The zero-order valence-electron chi connectivity index (χ0n) is 9.16. The van der Waals surface area contributed by atoms with Crippen molar-refractivity contribution in [2.75, 3.05) is 0 Å². The van der Waals surface area contributed by atoms with Crippen LogP contribution in [0, 0.1) is 0 Å². The van der Waals surface area contributed by atoms with Gasteiger partial charge in [0.1, 0.15) is 0 Å². The van der Waals surface area contributed by atoms with Crippen LogP contribution in [0.3, 0.4) is 0 Å². The highest BCUT2D eigenvalue weighted by Gasteiger charge is 2.03. The van der Waals surface area contributed by atoms with Crippen molar-refractivity contribution in [3.05, 3.63) is 63.9 Å². The van der Waals surface area contributed by atoms with Crippen molar-refractivity contribution in [3.8, 4) is 0 Å². The SMILES string of the molecule is Clc1cccc(CNCc2cccnc2)c1Cl. The van der Waals surface area contributed by atoms with Gasteiger partial charge in [-0.25, -0.2) is 0 Å². The van der Waals surface area contributed by atoms with Crippen LogP contribution < -0.4 is 5.32 Å². The van der Waals surface area contributed by atoms with Gasteiger partial charge in [-0.2, -0.15) is 0 Å². The van der Waals surface area contributed by atoms with E-state index < -0.39 is 0 Å². The molecule has 2 nitrogen and oxygen atoms in total. The van der Waals surface area contributed by atoms with Crippen LogP contribution in [0.1, 0.15) is 11.1 Å². The minimum atomic E-state index is 0.590. The molecule has 0 aliphatic carbocycles. The Hall–Kier alpha value is -1.09. The number of nitrogens with one attached hydrogen (secondary N) is 1. The van der Waals surface area contributed by atoms with E-state index in [2.05, 4.69) is 10.3 Å². The third-order valence-electron chi connectivity index (χ3n) is 2.40. The number of hydrogen-bond donors (Lipinski definition) is 1. The molecule has 17 heavy (non-hydrogen) atoms. The molecule has 2 rings (SSSR count). The van der Waals surface area contributed by atoms with Crippen LogP contribution in [0.25, 0.3) is 0 Å². The normalized spacial score (nSPS) is 10.5. The number of nitrogens with zero attached hydrogens (tertiary/aromatic N) is 1. The lowest BCUT2D eigenvalue weighted by Crippen LogP contribution is -2.13. The second-order valence-corrected chi connectivity index (χ2v) is 4.46. The van der Waals surface area contributed by atoms with Crippen LogP contribution in [0.2, 0.25) is 10.0 Å². The zero-order chi connectivity index (χ0) is 12.1. The molecule has 1 N–H and O–H groups in total. The fourth-order valence-corrected chi connectivity index (χ4v) is 1.92. The summed E-state index contributed by atoms with van der Waals surface area (Å²) in [5.74, 6) is 0. The van der Waals surface area contributed by atoms with Crippen molar-refractivity contribution in [2.45, 2.75) is 13.1 Å². The van der Waals surface area contributed by atoms with Crippen molar-refractivity contribution >= 4 is 23.2 Å². The van der Waals surface area contributed by atoms with Gasteiger partial charge < -0.3 is 5.32 Å². The molecule has 4 heteroatoms. The Balaban J connectivity index is 1.93. The van der Waals surface area contributed by atoms with E-state index in [4.69, 9.17) is 23.2 Å². The van der Waals surface area contributed by atoms with Gasteiger partial charge in [-0.15, -0.1) is 0 Å². The second kappa shape index (κ2) is 6.01. The smallest absolute Gasteiger partial charge is 0.0637 e. The molecule has 1 aromatic carbocycles. The zero-order valence-corrected chi connectivity index (χ0v) is 10.7. The molecule has 88 valence electrons. The predicted octanol–water partition coefficient (Wildman–Crippen LogP) is 3.68. The van der Waals surface area contributed by atoms with E-state index in [9.17, 15) is 0 Å². The molecular formula is C13H12Cl2N2. The molecule has 0 radical (unpaired) electrons. The van der Waals surface area contributed by atoms with Crippen LogP contribution in [0.15, 0.2) is 42.7 Å². The van der Waals surface area contributed by atoms with Gasteiger partial charge in [-0.3, -0.25) is 4.98 Å². The molecule has 1 heterocycles. The second-order valence-electron chi connectivity index (χ2n) is 3.68. The van der Waals surface area contributed by atoms with E-state index in [0.29, 0.717) is 16.6 Å². The Kier molecular flexibility index (Phi) is 4.37. The average molecular weight is 267 g/mol. The third-order valence-corrected chi connectivity index (χ3v) is 3.26. The van der Waals surface area contributed by atoms with Gasteiger partial charge in [0.25, 0.3) is 0 Å². The Morgan fingerprint density at radius 2 is 1.94 bits per heavy atom. The summed E-state index contributed by atoms with van der Waals surface area (Å²) in [5.41, 5.74) is 2.15. The fraction of sp³-hybridized carbons (Fsp3) is 0.154. The molecule has 0 aliphatic rings. The monoisotopic (exact) mass is 266 g/mol. The lowest BCUT2D eigenvalue weighted by molar-refractivity contribution is 0.691. The van der Waals surface area contributed by atoms with E-state index in [1.807, 2.05) is 30.5 Å². The highest BCUT2D eigenvalue weighted by Crippen LogP contribution is 2.25. The van der Waals surface area contributed by atoms with Gasteiger partial charge in [0.05, 0.1) is 10.0 Å². The molecule has 0 saturated carbocycles. The summed E-state index contributed by atoms with van der Waals surface area (Å²) in [4.78, 5) is 4.05. The van der Waals surface area contributed by atoms with Gasteiger partial charge in [-0.05, 0) is 23.3 Å². The summed E-state index contributed by atoms with van der Waals surface area (Å²) in [7, 11) is 0. The number of benzene rings is 1. The van der Waals surface area contributed by atoms with E-state index in [1.54, 1.807) is 12.3 Å². The van der Waals surface area contributed by atoms with Crippen molar-refractivity contribution in [2.24, 2.45) is 0 Å². The van der Waals surface area contributed by atoms with E-state index >= 15 is 0 Å². The quantitative estimate of drug-likeness (QED) is 0.914. The van der Waals surface area contributed by atoms with Crippen molar-refractivity contribution in [3.63, 3.8) is 0 Å². The van der Waals surface area contributed by atoms with Gasteiger partial charge in [0, 0.05) is 25.5 Å². The van der Waals surface area contributed by atoms with Gasteiger partial charge in [-0.1, -0.05) is 41.4 Å². The lowest BCUT2D eigenvalue weighted by Gasteiger charge is -2.07. The maximum Gasteiger partial charge on any atom is 0.0637 e. The van der Waals surface area contributed by atoms with Gasteiger partial charge in [0.2, 0.25) is 0 Å². The standard InChI is InChI=1S/C13H12Cl2N2/c14-12-5-1-4-11(13(12)15)9-17-8-10-3-2-6-16-7-10/h1-7,17H,8-9H2. The van der Waals surface area contributed by atoms with Gasteiger partial charge in [0.15, 0.2) is 0 Å². The summed E-state index contributed by atoms with van der Waals surface area (Å²) in [5, 5.41) is 4.51. The molecule has 1 aromatic heterocycles. The number of pyridine rings is 1. The predicted molar refractivity (Wildman–Crippen MR) is 71.2 cm³/mol. The molecule has 0 bridgehead atoms. The first kappa shape index (κ1) is 12.4. The lowest BCUT2D eigenvalue weighted by atomic mass is 10.2. The van der Waals surface area contributed by atoms with Crippen LogP contribution in [0.4, 0.5) is 0 Å². The summed E-state index contributed by atoms with van der Waals surface area (Å²) < 4.78 is 0. The molecule has 0 amide bonds. The number of halogens is 2. The van der Waals surface area contributed by atoms with Gasteiger partial charge >= 0.3 is 0 Å². The van der Waals surface area contributed by atoms with E-state index in [1.165, 1.54) is 0 Å². The summed E-state index contributed by atoms with van der Waals surface area (Å²) in [6.07, 6.45) is 3.60. The van der Waals surface area contributed by atoms with Crippen LogP contribution in [-0.2, 0) is 13.1 Å². The Morgan fingerprint density at radius 1 is 1.06 bits per heavy atom. The average Bonchev–Trinajstić information content (AvgIpc) is 2.36. The minimum Gasteiger partial charge on any atom is -0.309 e. The molecule has 0 fully saturated rings. The maximum absolute atomic E-state index is 6.09. The number of aromatic nitrogens is 1. The molecule has 0 spiro atoms. The molecular weight excluding hydrogens is 255 g/mol. The van der Waals surface area contributed by atoms with Crippen LogP contribution >= 0.6 is 23.2 Å². The Morgan fingerprint density at radius 3 is 2.71 bits per heavy atom. The fourth-order valence-electron chi connectivity index (χ4n) is 1.53. The van der Waals surface area contributed by atoms with Crippen molar-refractivity contribution < 1.29 is 0 Å². The van der Waals surface area contributed by atoms with E-state index in [0.717, 1.165) is 17.7 Å². The summed E-state index contributed by atoms with van der Waals surface area (Å²) in [6, 6.07) is 9.59. The molecule has 2 aromatic rings. The van der Waals surface area contributed by atoms with Crippen molar-refractivity contribution in [1.82, 2.24) is 10.3 Å². The first-order chi connectivity index (χ1) is 8.27. The van der Waals surface area contributed by atoms with E-state index in [-0.39, 0.29) is 0 Å². The minimum absolute atomic E-state index is 0.590. The third kappa shape index (κ3) is 3.43. The Bertz CT molecular complexity index is 486. The molecule has 0 saturated heterocycles. The summed E-state index contributed by atoms with van der Waals surface area (Å²) in [6.45, 7) is 1.45. The molecule has 0 atom stereocenters. The number of rotatable bonds is 4. The highest BCUT2D eigenvalue weighted by molar-refractivity contribution is 6.42. The topological polar surface area (TPSA) is 24.9 Å². The summed E-state index contributed by atoms with van der Waals surface area (Å²) >= 11 is 12.0. The highest BCUT2D eigenvalue weighted by atomic mass is 35.5. The molecule has 0 unspecified atom stereocenters. The maximum atomic E-state index is 6.09.